The predicted molar refractivity (Wildman–Crippen MR) is 121 cm³/mol. The lowest BCUT2D eigenvalue weighted by Gasteiger charge is -2.24. The van der Waals surface area contributed by atoms with Crippen molar-refractivity contribution in [1.82, 2.24) is 0 Å². The second-order valence-corrected chi connectivity index (χ2v) is 8.39. The van der Waals surface area contributed by atoms with Crippen molar-refractivity contribution in [3.05, 3.63) is 59.2 Å². The van der Waals surface area contributed by atoms with Crippen LogP contribution in [0.2, 0.25) is 0 Å². The van der Waals surface area contributed by atoms with E-state index in [4.69, 9.17) is 26.4 Å². The van der Waals surface area contributed by atoms with Gasteiger partial charge in [0.2, 0.25) is 0 Å². The molecule has 1 aliphatic rings. The molecule has 154 valence electrons. The highest BCUT2D eigenvalue weighted by Crippen LogP contribution is 2.28. The summed E-state index contributed by atoms with van der Waals surface area (Å²) in [5.74, 6) is 0.193. The Hall–Kier alpha value is -2.82. The highest BCUT2D eigenvalue weighted by atomic mass is 16.5. The first-order chi connectivity index (χ1) is 13.7. The second kappa shape index (κ2) is 10.1. The molecule has 2 rings (SSSR count). The topological polar surface area (TPSA) is 105 Å². The van der Waals surface area contributed by atoms with Gasteiger partial charge in [-0.1, -0.05) is 50.3 Å². The number of aryl methyl sites for hydroxylation is 1. The molecule has 0 spiro atoms. The number of hydrogen-bond donors (Lipinski definition) is 4. The Bertz CT molecular complexity index is 861. The molecule has 0 fully saturated rings. The highest BCUT2D eigenvalue weighted by Gasteiger charge is 2.21. The Kier molecular flexibility index (Phi) is 7.82. The lowest BCUT2D eigenvalue weighted by atomic mass is 9.83. The normalized spacial score (nSPS) is 13.6. The van der Waals surface area contributed by atoms with Gasteiger partial charge in [-0.2, -0.15) is 0 Å². The van der Waals surface area contributed by atoms with E-state index in [2.05, 4.69) is 26.0 Å². The third-order valence-corrected chi connectivity index (χ3v) is 5.04. The van der Waals surface area contributed by atoms with Gasteiger partial charge in [0.15, 0.2) is 11.8 Å². The molecule has 5 heteroatoms. The van der Waals surface area contributed by atoms with Crippen LogP contribution in [0.15, 0.2) is 48.1 Å². The number of hydrogen-bond acceptors (Lipinski definition) is 5. The van der Waals surface area contributed by atoms with Crippen molar-refractivity contribution in [2.24, 2.45) is 5.41 Å². The quantitative estimate of drug-likeness (QED) is 0.297. The first-order valence-corrected chi connectivity index (χ1v) is 10.1. The first kappa shape index (κ1) is 22.5. The van der Waals surface area contributed by atoms with Crippen LogP contribution in [0.5, 0.6) is 0 Å². The Morgan fingerprint density at radius 2 is 1.86 bits per heavy atom. The summed E-state index contributed by atoms with van der Waals surface area (Å²) in [6.07, 6.45) is 11.0. The van der Waals surface area contributed by atoms with Gasteiger partial charge in [-0.3, -0.25) is 21.6 Å². The van der Waals surface area contributed by atoms with Crippen molar-refractivity contribution in [1.29, 1.82) is 21.6 Å². The van der Waals surface area contributed by atoms with Gasteiger partial charge in [0.25, 0.3) is 0 Å². The summed E-state index contributed by atoms with van der Waals surface area (Å²) in [4.78, 5) is 0. The summed E-state index contributed by atoms with van der Waals surface area (Å²) in [6, 6.07) is 7.96. The van der Waals surface area contributed by atoms with Crippen LogP contribution in [0.3, 0.4) is 0 Å². The lowest BCUT2D eigenvalue weighted by Crippen LogP contribution is -2.20. The molecular formula is C24H32N4O. The van der Waals surface area contributed by atoms with Crippen LogP contribution in [0.1, 0.15) is 64.0 Å². The molecule has 4 N–H and O–H groups in total. The molecule has 0 unspecified atom stereocenters. The van der Waals surface area contributed by atoms with Gasteiger partial charge in [0.1, 0.15) is 0 Å². The number of nitrogens with one attached hydrogen (secondary N) is 4. The van der Waals surface area contributed by atoms with Gasteiger partial charge in [0, 0.05) is 18.9 Å². The third-order valence-electron chi connectivity index (χ3n) is 5.04. The van der Waals surface area contributed by atoms with E-state index in [0.717, 1.165) is 48.8 Å². The SMILES string of the molecule is CC(=N)OC(=N)CC(C)(C)CCCc1cccc(C(=N)C(=N)C2=CC=CCC2)c1. The maximum absolute atomic E-state index is 8.43. The first-order valence-electron chi connectivity index (χ1n) is 10.1. The van der Waals surface area contributed by atoms with Crippen LogP contribution in [-0.2, 0) is 11.2 Å². The van der Waals surface area contributed by atoms with Crippen LogP contribution in [0.25, 0.3) is 0 Å². The number of ether oxygens (including phenoxy) is 1. The molecule has 0 amide bonds. The molecular weight excluding hydrogens is 360 g/mol. The van der Waals surface area contributed by atoms with Crippen molar-refractivity contribution in [3.8, 4) is 0 Å². The highest BCUT2D eigenvalue weighted by molar-refractivity contribution is 6.51. The fraction of sp³-hybridized carbons (Fsp3) is 0.417. The molecule has 1 aromatic carbocycles. The Morgan fingerprint density at radius 3 is 2.52 bits per heavy atom. The van der Waals surface area contributed by atoms with E-state index in [9.17, 15) is 0 Å². The Morgan fingerprint density at radius 1 is 1.10 bits per heavy atom. The van der Waals surface area contributed by atoms with Crippen LogP contribution in [0.4, 0.5) is 0 Å². The molecule has 0 saturated carbocycles. The summed E-state index contributed by atoms with van der Waals surface area (Å²) in [7, 11) is 0. The van der Waals surface area contributed by atoms with E-state index >= 15 is 0 Å². The molecule has 0 radical (unpaired) electrons. The summed E-state index contributed by atoms with van der Waals surface area (Å²) in [5, 5.41) is 32.0. The van der Waals surface area contributed by atoms with Crippen molar-refractivity contribution in [3.63, 3.8) is 0 Å². The molecule has 0 aromatic heterocycles. The van der Waals surface area contributed by atoms with Gasteiger partial charge >= 0.3 is 0 Å². The van der Waals surface area contributed by atoms with Crippen molar-refractivity contribution in [2.45, 2.75) is 59.3 Å². The van der Waals surface area contributed by atoms with Crippen LogP contribution < -0.4 is 0 Å². The molecule has 29 heavy (non-hydrogen) atoms. The molecule has 0 heterocycles. The Balaban J connectivity index is 1.92. The van der Waals surface area contributed by atoms with Crippen LogP contribution in [-0.4, -0.2) is 23.2 Å². The standard InChI is InChI=1S/C24H32N4O/c1-17(25)29-21(26)16-24(2,3)14-8-10-18-9-7-13-20(15-18)23(28)22(27)19-11-5-4-6-12-19/h4-5,7,9,11,13,15,25-28H,6,8,10,12,14,16H2,1-3H3. The maximum Gasteiger partial charge on any atom is 0.189 e. The summed E-state index contributed by atoms with van der Waals surface area (Å²) in [5.41, 5.74) is 3.40. The van der Waals surface area contributed by atoms with E-state index < -0.39 is 0 Å². The molecule has 1 aromatic rings. The smallest absolute Gasteiger partial charge is 0.189 e. The minimum absolute atomic E-state index is 0.0515. The van der Waals surface area contributed by atoms with Gasteiger partial charge in [-0.25, -0.2) is 0 Å². The van der Waals surface area contributed by atoms with Crippen molar-refractivity contribution in [2.75, 3.05) is 0 Å². The van der Waals surface area contributed by atoms with Gasteiger partial charge in [-0.15, -0.1) is 0 Å². The lowest BCUT2D eigenvalue weighted by molar-refractivity contribution is 0.318. The van der Waals surface area contributed by atoms with E-state index in [1.165, 1.54) is 6.92 Å². The fourth-order valence-corrected chi connectivity index (χ4v) is 3.51. The monoisotopic (exact) mass is 392 g/mol. The summed E-state index contributed by atoms with van der Waals surface area (Å²) in [6.45, 7) is 5.77. The average molecular weight is 393 g/mol. The van der Waals surface area contributed by atoms with E-state index in [0.29, 0.717) is 12.1 Å². The third kappa shape index (κ3) is 7.26. The van der Waals surface area contributed by atoms with Gasteiger partial charge < -0.3 is 4.74 Å². The zero-order chi connectivity index (χ0) is 21.4. The average Bonchev–Trinajstić information content (AvgIpc) is 2.66. The summed E-state index contributed by atoms with van der Waals surface area (Å²) >= 11 is 0. The van der Waals surface area contributed by atoms with Crippen molar-refractivity contribution >= 4 is 23.2 Å². The molecule has 0 atom stereocenters. The second-order valence-electron chi connectivity index (χ2n) is 8.39. The minimum atomic E-state index is -0.0695. The molecule has 5 nitrogen and oxygen atoms in total. The predicted octanol–water partition coefficient (Wildman–Crippen LogP) is 6.08. The van der Waals surface area contributed by atoms with Gasteiger partial charge in [-0.05, 0) is 54.7 Å². The minimum Gasteiger partial charge on any atom is -0.430 e. The summed E-state index contributed by atoms with van der Waals surface area (Å²) < 4.78 is 5.08. The molecule has 0 saturated heterocycles. The zero-order valence-corrected chi connectivity index (χ0v) is 17.7. The number of rotatable bonds is 9. The Labute approximate surface area is 173 Å². The van der Waals surface area contributed by atoms with Crippen LogP contribution >= 0.6 is 0 Å². The largest absolute Gasteiger partial charge is 0.430 e. The molecule has 1 aliphatic carbocycles. The van der Waals surface area contributed by atoms with E-state index in [1.54, 1.807) is 0 Å². The van der Waals surface area contributed by atoms with Gasteiger partial charge in [0.05, 0.1) is 11.4 Å². The molecule has 0 aliphatic heterocycles. The number of allylic oxidation sites excluding steroid dienone is 4. The van der Waals surface area contributed by atoms with E-state index in [1.807, 2.05) is 30.4 Å². The fourth-order valence-electron chi connectivity index (χ4n) is 3.51. The van der Waals surface area contributed by atoms with Crippen molar-refractivity contribution < 1.29 is 4.74 Å². The zero-order valence-electron chi connectivity index (χ0n) is 17.7. The van der Waals surface area contributed by atoms with Crippen LogP contribution in [0, 0.1) is 27.1 Å². The molecule has 0 bridgehead atoms. The maximum atomic E-state index is 8.43. The number of benzene rings is 1. The van der Waals surface area contributed by atoms with E-state index in [-0.39, 0.29) is 22.9 Å².